The van der Waals surface area contributed by atoms with Crippen LogP contribution >= 0.6 is 0 Å². The van der Waals surface area contributed by atoms with Gasteiger partial charge in [0.2, 0.25) is 5.91 Å². The molecule has 0 saturated heterocycles. The topological polar surface area (TPSA) is 49.3 Å². The van der Waals surface area contributed by atoms with Gasteiger partial charge in [-0.15, -0.1) is 0 Å². The predicted molar refractivity (Wildman–Crippen MR) is 69.7 cm³/mol. The molecular weight excluding hydrogens is 214 g/mol. The Hall–Kier alpha value is -0.570. The third-order valence-corrected chi connectivity index (χ3v) is 3.82. The lowest BCUT2D eigenvalue weighted by atomic mass is 9.91. The van der Waals surface area contributed by atoms with E-state index in [-0.39, 0.29) is 17.9 Å². The quantitative estimate of drug-likeness (QED) is 0.719. The van der Waals surface area contributed by atoms with Crippen molar-refractivity contribution in [3.05, 3.63) is 0 Å². The van der Waals surface area contributed by atoms with Gasteiger partial charge in [0.25, 0.3) is 0 Å². The summed E-state index contributed by atoms with van der Waals surface area (Å²) in [6.07, 6.45) is 7.58. The van der Waals surface area contributed by atoms with Gasteiger partial charge in [0.15, 0.2) is 0 Å². The molecule has 0 aliphatic heterocycles. The van der Waals surface area contributed by atoms with Crippen molar-refractivity contribution < 1.29 is 9.90 Å². The highest BCUT2D eigenvalue weighted by Crippen LogP contribution is 2.31. The van der Waals surface area contributed by atoms with Crippen molar-refractivity contribution in [1.82, 2.24) is 5.32 Å². The zero-order chi connectivity index (χ0) is 12.7. The van der Waals surface area contributed by atoms with Crippen molar-refractivity contribution >= 4 is 5.91 Å². The van der Waals surface area contributed by atoms with E-state index < -0.39 is 0 Å². The number of rotatable bonds is 7. The summed E-state index contributed by atoms with van der Waals surface area (Å²) in [5.74, 6) is 1.12. The van der Waals surface area contributed by atoms with E-state index in [9.17, 15) is 4.79 Å². The molecule has 0 heterocycles. The summed E-state index contributed by atoms with van der Waals surface area (Å²) in [6, 6.07) is 0. The Morgan fingerprint density at radius 2 is 2.06 bits per heavy atom. The van der Waals surface area contributed by atoms with Crippen molar-refractivity contribution in [3.63, 3.8) is 0 Å². The summed E-state index contributed by atoms with van der Waals surface area (Å²) in [7, 11) is 0. The second kappa shape index (κ2) is 7.70. The first-order valence-electron chi connectivity index (χ1n) is 7.09. The van der Waals surface area contributed by atoms with Crippen LogP contribution in [0.3, 0.4) is 0 Å². The number of carbonyl (C=O) groups is 1. The number of aliphatic hydroxyl groups excluding tert-OH is 1. The zero-order valence-electron chi connectivity index (χ0n) is 11.2. The summed E-state index contributed by atoms with van der Waals surface area (Å²) in [4.78, 5) is 12.0. The maximum atomic E-state index is 12.0. The lowest BCUT2D eigenvalue weighted by molar-refractivity contribution is -0.125. The number of hydrogen-bond donors (Lipinski definition) is 2. The molecule has 100 valence electrons. The number of carbonyl (C=O) groups excluding carboxylic acids is 1. The number of aliphatic hydroxyl groups is 1. The van der Waals surface area contributed by atoms with Gasteiger partial charge in [-0.1, -0.05) is 32.6 Å². The van der Waals surface area contributed by atoms with Gasteiger partial charge in [-0.25, -0.2) is 0 Å². The van der Waals surface area contributed by atoms with E-state index in [0.29, 0.717) is 13.0 Å². The molecule has 3 nitrogen and oxygen atoms in total. The Bertz CT molecular complexity index is 222. The minimum atomic E-state index is -0.329. The predicted octanol–water partition coefficient (Wildman–Crippen LogP) is 2.48. The van der Waals surface area contributed by atoms with Crippen molar-refractivity contribution in [1.29, 1.82) is 0 Å². The van der Waals surface area contributed by atoms with Crippen LogP contribution in [0, 0.1) is 11.8 Å². The van der Waals surface area contributed by atoms with Gasteiger partial charge < -0.3 is 10.4 Å². The van der Waals surface area contributed by atoms with Crippen LogP contribution < -0.4 is 5.32 Å². The minimum Gasteiger partial charge on any atom is -0.393 e. The molecule has 1 fully saturated rings. The van der Waals surface area contributed by atoms with E-state index in [2.05, 4.69) is 12.2 Å². The molecule has 3 heteroatoms. The molecule has 0 spiro atoms. The fourth-order valence-electron chi connectivity index (χ4n) is 2.66. The van der Waals surface area contributed by atoms with Crippen LogP contribution in [0.25, 0.3) is 0 Å². The van der Waals surface area contributed by atoms with Gasteiger partial charge >= 0.3 is 0 Å². The molecule has 1 amide bonds. The number of hydrogen-bond acceptors (Lipinski definition) is 2. The van der Waals surface area contributed by atoms with Crippen LogP contribution in [0.5, 0.6) is 0 Å². The molecule has 1 rings (SSSR count). The molecule has 2 unspecified atom stereocenters. The third kappa shape index (κ3) is 5.53. The van der Waals surface area contributed by atoms with Gasteiger partial charge in [-0.3, -0.25) is 4.79 Å². The molecule has 0 aromatic carbocycles. The monoisotopic (exact) mass is 241 g/mol. The maximum absolute atomic E-state index is 12.0. The Morgan fingerprint density at radius 3 is 2.59 bits per heavy atom. The third-order valence-electron chi connectivity index (χ3n) is 3.82. The molecule has 17 heavy (non-hydrogen) atoms. The minimum absolute atomic E-state index is 0.173. The van der Waals surface area contributed by atoms with Crippen LogP contribution in [0.1, 0.15) is 58.8 Å². The molecule has 1 aliphatic rings. The van der Waals surface area contributed by atoms with Gasteiger partial charge in [0.05, 0.1) is 6.10 Å². The van der Waals surface area contributed by atoms with Crippen LogP contribution in [-0.2, 0) is 4.79 Å². The molecule has 2 N–H and O–H groups in total. The molecule has 1 aliphatic carbocycles. The smallest absolute Gasteiger partial charge is 0.223 e. The standard InChI is InChI=1S/C14H27NO2/c1-3-13(10-12-6-4-5-7-12)14(17)15-9-8-11(2)16/h11-13,16H,3-10H2,1-2H3,(H,15,17). The molecule has 2 atom stereocenters. The lowest BCUT2D eigenvalue weighted by Crippen LogP contribution is -2.33. The number of nitrogens with one attached hydrogen (secondary N) is 1. The fourth-order valence-corrected chi connectivity index (χ4v) is 2.66. The summed E-state index contributed by atoms with van der Waals surface area (Å²) >= 11 is 0. The van der Waals surface area contributed by atoms with Gasteiger partial charge in [-0.05, 0) is 32.1 Å². The SMILES string of the molecule is CCC(CC1CCCC1)C(=O)NCCC(C)O. The highest BCUT2D eigenvalue weighted by Gasteiger charge is 2.23. The van der Waals surface area contributed by atoms with E-state index in [1.165, 1.54) is 25.7 Å². The Morgan fingerprint density at radius 1 is 1.41 bits per heavy atom. The summed E-state index contributed by atoms with van der Waals surface area (Å²) in [5, 5.41) is 12.1. The first-order valence-corrected chi connectivity index (χ1v) is 7.09. The van der Waals surface area contributed by atoms with Gasteiger partial charge in [-0.2, -0.15) is 0 Å². The summed E-state index contributed by atoms with van der Waals surface area (Å²) in [6.45, 7) is 4.44. The van der Waals surface area contributed by atoms with Gasteiger partial charge in [0.1, 0.15) is 0 Å². The first-order chi connectivity index (χ1) is 8.13. The van der Waals surface area contributed by atoms with Crippen molar-refractivity contribution in [2.24, 2.45) is 11.8 Å². The fraction of sp³-hybridized carbons (Fsp3) is 0.929. The molecule has 0 aromatic heterocycles. The lowest BCUT2D eigenvalue weighted by Gasteiger charge is -2.18. The van der Waals surface area contributed by atoms with Crippen LogP contribution in [-0.4, -0.2) is 23.7 Å². The Balaban J connectivity index is 2.25. The van der Waals surface area contributed by atoms with Crippen molar-refractivity contribution in [2.75, 3.05) is 6.54 Å². The molecule has 1 saturated carbocycles. The van der Waals surface area contributed by atoms with Crippen LogP contribution in [0.4, 0.5) is 0 Å². The van der Waals surface area contributed by atoms with Crippen LogP contribution in [0.2, 0.25) is 0 Å². The molecule has 0 bridgehead atoms. The molecule has 0 radical (unpaired) electrons. The second-order valence-electron chi connectivity index (χ2n) is 5.42. The normalized spacial score (nSPS) is 20.2. The maximum Gasteiger partial charge on any atom is 0.223 e. The van der Waals surface area contributed by atoms with Crippen LogP contribution in [0.15, 0.2) is 0 Å². The Labute approximate surface area is 105 Å². The highest BCUT2D eigenvalue weighted by molar-refractivity contribution is 5.78. The average Bonchev–Trinajstić information content (AvgIpc) is 2.77. The van der Waals surface area contributed by atoms with E-state index in [0.717, 1.165) is 18.8 Å². The van der Waals surface area contributed by atoms with E-state index in [1.807, 2.05) is 0 Å². The highest BCUT2D eigenvalue weighted by atomic mass is 16.3. The van der Waals surface area contributed by atoms with Crippen molar-refractivity contribution in [2.45, 2.75) is 64.9 Å². The first kappa shape index (κ1) is 14.5. The van der Waals surface area contributed by atoms with E-state index in [1.54, 1.807) is 6.92 Å². The van der Waals surface area contributed by atoms with E-state index in [4.69, 9.17) is 5.11 Å². The van der Waals surface area contributed by atoms with E-state index >= 15 is 0 Å². The number of amides is 1. The van der Waals surface area contributed by atoms with Gasteiger partial charge in [0, 0.05) is 12.5 Å². The Kier molecular flexibility index (Phi) is 6.56. The molecule has 0 aromatic rings. The second-order valence-corrected chi connectivity index (χ2v) is 5.42. The molecular formula is C14H27NO2. The summed E-state index contributed by atoms with van der Waals surface area (Å²) < 4.78 is 0. The van der Waals surface area contributed by atoms with Crippen molar-refractivity contribution in [3.8, 4) is 0 Å². The average molecular weight is 241 g/mol. The zero-order valence-corrected chi connectivity index (χ0v) is 11.2. The largest absolute Gasteiger partial charge is 0.393 e. The summed E-state index contributed by atoms with van der Waals surface area (Å²) in [5.41, 5.74) is 0.